The van der Waals surface area contributed by atoms with E-state index in [1.54, 1.807) is 30.5 Å². The molecule has 2 rings (SSSR count). The van der Waals surface area contributed by atoms with E-state index in [0.29, 0.717) is 32.9 Å². The number of hydrogen-bond donors (Lipinski definition) is 2. The molecule has 1 aromatic heterocycles. The lowest BCUT2D eigenvalue weighted by molar-refractivity contribution is 0.102. The number of oxime groups is 1. The molecule has 0 aliphatic heterocycles. The number of carbonyl (C=O) groups excluding carboxylic acids is 1. The molecule has 2 N–H and O–H groups in total. The van der Waals surface area contributed by atoms with E-state index in [4.69, 9.17) is 21.5 Å². The summed E-state index contributed by atoms with van der Waals surface area (Å²) in [4.78, 5) is 16.4. The molecule has 0 fully saturated rings. The van der Waals surface area contributed by atoms with Crippen LogP contribution in [0, 0.1) is 0 Å². The first-order chi connectivity index (χ1) is 10.0. The molecule has 0 atom stereocenters. The van der Waals surface area contributed by atoms with E-state index < -0.39 is 0 Å². The summed E-state index contributed by atoms with van der Waals surface area (Å²) in [6.45, 7) is 1.61. The lowest BCUT2D eigenvalue weighted by atomic mass is 10.2. The number of aromatic nitrogens is 1. The first kappa shape index (κ1) is 15.3. The van der Waals surface area contributed by atoms with Gasteiger partial charge >= 0.3 is 0 Å². The Morgan fingerprint density at radius 1 is 1.52 bits per heavy atom. The highest BCUT2D eigenvalue weighted by Gasteiger charge is 2.15. The van der Waals surface area contributed by atoms with Gasteiger partial charge in [0.05, 0.1) is 12.7 Å². The molecular weight excluding hydrogens is 314 g/mol. The number of amides is 1. The summed E-state index contributed by atoms with van der Waals surface area (Å²) in [7, 11) is 1.46. The van der Waals surface area contributed by atoms with E-state index in [0.717, 1.165) is 0 Å². The highest BCUT2D eigenvalue weighted by Crippen LogP contribution is 2.25. The lowest BCUT2D eigenvalue weighted by Crippen LogP contribution is -2.13. The fourth-order valence-corrected chi connectivity index (χ4v) is 2.48. The van der Waals surface area contributed by atoms with Crippen molar-refractivity contribution < 1.29 is 14.7 Å². The topological polar surface area (TPSA) is 83.8 Å². The van der Waals surface area contributed by atoms with Crippen LogP contribution in [0.25, 0.3) is 0 Å². The van der Waals surface area contributed by atoms with Gasteiger partial charge in [0, 0.05) is 10.4 Å². The molecular formula is C13H12ClN3O3S. The zero-order valence-corrected chi connectivity index (χ0v) is 12.8. The average Bonchev–Trinajstić information content (AvgIpc) is 2.94. The third kappa shape index (κ3) is 3.50. The van der Waals surface area contributed by atoms with E-state index in [1.807, 2.05) is 0 Å². The normalized spacial score (nSPS) is 11.3. The van der Waals surface area contributed by atoms with Crippen LogP contribution in [0.5, 0.6) is 5.75 Å². The Balaban J connectivity index is 2.20. The smallest absolute Gasteiger partial charge is 0.261 e. The van der Waals surface area contributed by atoms with E-state index >= 15 is 0 Å². The van der Waals surface area contributed by atoms with Crippen LogP contribution in [0.1, 0.15) is 23.0 Å². The summed E-state index contributed by atoms with van der Waals surface area (Å²) in [6.07, 6.45) is 0. The van der Waals surface area contributed by atoms with Crippen LogP contribution in [-0.4, -0.2) is 28.9 Å². The van der Waals surface area contributed by atoms with Crippen LogP contribution >= 0.6 is 22.9 Å². The van der Waals surface area contributed by atoms with Crippen molar-refractivity contribution in [2.24, 2.45) is 5.16 Å². The maximum atomic E-state index is 12.2. The number of halogens is 1. The maximum Gasteiger partial charge on any atom is 0.261 e. The number of nitrogens with zero attached hydrogens (tertiary/aromatic N) is 2. The number of benzene rings is 1. The van der Waals surface area contributed by atoms with Gasteiger partial charge in [0.2, 0.25) is 0 Å². The number of methoxy groups -OCH3 is 1. The quantitative estimate of drug-likeness (QED) is 0.513. The number of hydrogen-bond acceptors (Lipinski definition) is 6. The lowest BCUT2D eigenvalue weighted by Gasteiger charge is -2.08. The van der Waals surface area contributed by atoms with Crippen LogP contribution in [0.2, 0.25) is 5.02 Å². The van der Waals surface area contributed by atoms with E-state index in [1.165, 1.54) is 18.4 Å². The van der Waals surface area contributed by atoms with Gasteiger partial charge in [-0.05, 0) is 25.1 Å². The van der Waals surface area contributed by atoms with Crippen molar-refractivity contribution in [3.63, 3.8) is 0 Å². The molecule has 1 aromatic carbocycles. The second-order valence-electron chi connectivity index (χ2n) is 4.02. The van der Waals surface area contributed by atoms with Gasteiger partial charge in [0.25, 0.3) is 5.91 Å². The van der Waals surface area contributed by atoms with Gasteiger partial charge in [-0.3, -0.25) is 10.1 Å². The number of ether oxygens (including phenoxy) is 1. The molecule has 6 nitrogen and oxygen atoms in total. The summed E-state index contributed by atoms with van der Waals surface area (Å²) in [5.74, 6) is 0.0212. The summed E-state index contributed by atoms with van der Waals surface area (Å²) in [6, 6.07) is 4.74. The van der Waals surface area contributed by atoms with Gasteiger partial charge in [-0.15, -0.1) is 11.3 Å². The van der Waals surface area contributed by atoms with Crippen molar-refractivity contribution in [1.82, 2.24) is 4.98 Å². The van der Waals surface area contributed by atoms with Crippen molar-refractivity contribution in [3.8, 4) is 5.75 Å². The molecule has 0 radical (unpaired) electrons. The average molecular weight is 326 g/mol. The largest absolute Gasteiger partial charge is 0.496 e. The number of thiazole rings is 1. The fraction of sp³-hybridized carbons (Fsp3) is 0.154. The fourth-order valence-electron chi connectivity index (χ4n) is 1.57. The minimum atomic E-state index is -0.358. The standard InChI is InChI=1S/C13H12ClN3O3S/c1-7(17-19)10-6-21-13(15-10)16-12(18)9-4-3-8(14)5-11(9)20-2/h3-6,19H,1-2H3,(H,15,16,18). The molecule has 1 amide bonds. The molecule has 21 heavy (non-hydrogen) atoms. The number of nitrogens with one attached hydrogen (secondary N) is 1. The van der Waals surface area contributed by atoms with Gasteiger partial charge in [-0.2, -0.15) is 0 Å². The Morgan fingerprint density at radius 3 is 2.95 bits per heavy atom. The van der Waals surface area contributed by atoms with Crippen molar-refractivity contribution >= 4 is 39.7 Å². The van der Waals surface area contributed by atoms with Crippen LogP contribution in [0.4, 0.5) is 5.13 Å². The van der Waals surface area contributed by atoms with Gasteiger partial charge in [0.1, 0.15) is 17.2 Å². The summed E-state index contributed by atoms with van der Waals surface area (Å²) < 4.78 is 5.13. The molecule has 0 saturated heterocycles. The van der Waals surface area contributed by atoms with Crippen LogP contribution in [0.15, 0.2) is 28.7 Å². The molecule has 110 valence electrons. The molecule has 1 heterocycles. The Bertz CT molecular complexity index is 700. The van der Waals surface area contributed by atoms with Gasteiger partial charge in [-0.25, -0.2) is 4.98 Å². The zero-order valence-electron chi connectivity index (χ0n) is 11.3. The van der Waals surface area contributed by atoms with Crippen molar-refractivity contribution in [3.05, 3.63) is 39.9 Å². The first-order valence-electron chi connectivity index (χ1n) is 5.84. The van der Waals surface area contributed by atoms with E-state index in [9.17, 15) is 4.79 Å². The van der Waals surface area contributed by atoms with Gasteiger partial charge < -0.3 is 9.94 Å². The monoisotopic (exact) mass is 325 g/mol. The Labute approximate surface area is 130 Å². The predicted molar refractivity (Wildman–Crippen MR) is 82.1 cm³/mol. The summed E-state index contributed by atoms with van der Waals surface area (Å²) in [5, 5.41) is 17.0. The van der Waals surface area contributed by atoms with Crippen molar-refractivity contribution in [2.75, 3.05) is 12.4 Å². The number of carbonyl (C=O) groups is 1. The molecule has 0 spiro atoms. The minimum Gasteiger partial charge on any atom is -0.496 e. The first-order valence-corrected chi connectivity index (χ1v) is 7.10. The van der Waals surface area contributed by atoms with Gasteiger partial charge in [0.15, 0.2) is 5.13 Å². The van der Waals surface area contributed by atoms with Gasteiger partial charge in [-0.1, -0.05) is 16.8 Å². The number of anilines is 1. The predicted octanol–water partition coefficient (Wildman–Crippen LogP) is 3.26. The second kappa shape index (κ2) is 6.55. The Kier molecular flexibility index (Phi) is 4.77. The second-order valence-corrected chi connectivity index (χ2v) is 5.32. The SMILES string of the molecule is COc1cc(Cl)ccc1C(=O)Nc1nc(C(C)=NO)cs1. The molecule has 0 aliphatic rings. The maximum absolute atomic E-state index is 12.2. The highest BCUT2D eigenvalue weighted by molar-refractivity contribution is 7.14. The summed E-state index contributed by atoms with van der Waals surface area (Å²) >= 11 is 7.09. The molecule has 0 saturated carbocycles. The van der Waals surface area contributed by atoms with Crippen LogP contribution in [0.3, 0.4) is 0 Å². The Hall–Kier alpha value is -2.12. The molecule has 2 aromatic rings. The summed E-state index contributed by atoms with van der Waals surface area (Å²) in [5.41, 5.74) is 1.22. The zero-order chi connectivity index (χ0) is 15.4. The van der Waals surface area contributed by atoms with E-state index in [-0.39, 0.29) is 5.91 Å². The third-order valence-electron chi connectivity index (χ3n) is 2.65. The molecule has 8 heteroatoms. The third-order valence-corrected chi connectivity index (χ3v) is 3.65. The van der Waals surface area contributed by atoms with E-state index in [2.05, 4.69) is 15.5 Å². The molecule has 0 bridgehead atoms. The van der Waals surface area contributed by atoms with Crippen LogP contribution in [-0.2, 0) is 0 Å². The minimum absolute atomic E-state index is 0.353. The molecule has 0 unspecified atom stereocenters. The van der Waals surface area contributed by atoms with Crippen molar-refractivity contribution in [1.29, 1.82) is 0 Å². The van der Waals surface area contributed by atoms with Crippen molar-refractivity contribution in [2.45, 2.75) is 6.92 Å². The Morgan fingerprint density at radius 2 is 2.29 bits per heavy atom. The highest BCUT2D eigenvalue weighted by atomic mass is 35.5. The molecule has 0 aliphatic carbocycles. The van der Waals surface area contributed by atoms with Crippen LogP contribution < -0.4 is 10.1 Å². The number of rotatable bonds is 4.